The summed E-state index contributed by atoms with van der Waals surface area (Å²) in [5.74, 6) is -0.308. The van der Waals surface area contributed by atoms with Crippen LogP contribution < -0.4 is 35.6 Å². The summed E-state index contributed by atoms with van der Waals surface area (Å²) in [6.07, 6.45) is 1.65. The lowest BCUT2D eigenvalue weighted by Gasteiger charge is -2.19. The quantitative estimate of drug-likeness (QED) is 0.322. The van der Waals surface area contributed by atoms with E-state index < -0.39 is 18.6 Å². The van der Waals surface area contributed by atoms with Crippen molar-refractivity contribution in [2.75, 3.05) is 39.7 Å². The molecule has 0 saturated carbocycles. The molecule has 0 aromatic heterocycles. The maximum absolute atomic E-state index is 13.2. The molecule has 204 valence electrons. The predicted molar refractivity (Wildman–Crippen MR) is 141 cm³/mol. The van der Waals surface area contributed by atoms with Gasteiger partial charge < -0.3 is 35.3 Å². The van der Waals surface area contributed by atoms with Crippen molar-refractivity contribution in [1.82, 2.24) is 10.6 Å². The van der Waals surface area contributed by atoms with Crippen molar-refractivity contribution in [3.8, 4) is 28.4 Å². The molecule has 0 heterocycles. The van der Waals surface area contributed by atoms with Crippen molar-refractivity contribution < 1.29 is 33.7 Å². The number of rotatable bonds is 11. The van der Waals surface area contributed by atoms with E-state index in [1.54, 1.807) is 13.2 Å². The standard InChI is InChI=1S/C27H33N3O8/c1-15(31)30-19-9-7-16-12-22(36-2)26(37-3)27(38-4)25(16)17-8-10-20(21(32)13-18(17)19)28-11-5-6-23(33)29-14-24(34)35/h8,10,12-13,19H,5-7,9,11,14H2,1-4H3,(H,28,32)(H,29,33)(H,30,31)(H,34,35)/t19-/m1/s1. The molecule has 0 spiro atoms. The molecule has 2 aromatic rings. The lowest BCUT2D eigenvalue weighted by Crippen LogP contribution is -2.29. The van der Waals surface area contributed by atoms with Gasteiger partial charge in [0, 0.05) is 25.5 Å². The van der Waals surface area contributed by atoms with Gasteiger partial charge in [-0.1, -0.05) is 6.07 Å². The Morgan fingerprint density at radius 3 is 2.42 bits per heavy atom. The molecule has 0 radical (unpaired) electrons. The number of carboxylic acids is 1. The molecule has 2 amide bonds. The van der Waals surface area contributed by atoms with Crippen molar-refractivity contribution in [3.63, 3.8) is 0 Å². The van der Waals surface area contributed by atoms with Crippen LogP contribution in [0.25, 0.3) is 11.1 Å². The van der Waals surface area contributed by atoms with Crippen LogP contribution in [0.1, 0.15) is 43.4 Å². The zero-order valence-corrected chi connectivity index (χ0v) is 21.9. The number of hydrogen-bond donors (Lipinski definition) is 4. The summed E-state index contributed by atoms with van der Waals surface area (Å²) in [4.78, 5) is 47.6. The Morgan fingerprint density at radius 2 is 1.79 bits per heavy atom. The number of carboxylic acid groups (broad SMARTS) is 1. The number of carbonyl (C=O) groups is 3. The zero-order chi connectivity index (χ0) is 27.8. The highest BCUT2D eigenvalue weighted by Gasteiger charge is 2.29. The molecule has 0 aliphatic heterocycles. The molecule has 2 aromatic carbocycles. The Hall–Kier alpha value is -4.28. The third-order valence-corrected chi connectivity index (χ3v) is 6.25. The summed E-state index contributed by atoms with van der Waals surface area (Å²) in [7, 11) is 4.61. The number of ether oxygens (including phenoxy) is 3. The van der Waals surface area contributed by atoms with Crippen LogP contribution >= 0.6 is 0 Å². The predicted octanol–water partition coefficient (Wildman–Crippen LogP) is 2.26. The lowest BCUT2D eigenvalue weighted by atomic mass is 9.95. The van der Waals surface area contributed by atoms with Crippen LogP contribution in [-0.4, -0.2) is 57.3 Å². The number of nitrogens with one attached hydrogen (secondary N) is 3. The van der Waals surface area contributed by atoms with Crippen LogP contribution in [0.15, 0.2) is 29.1 Å². The molecule has 38 heavy (non-hydrogen) atoms. The van der Waals surface area contributed by atoms with Gasteiger partial charge in [0.2, 0.25) is 23.0 Å². The van der Waals surface area contributed by atoms with E-state index in [1.165, 1.54) is 27.2 Å². The van der Waals surface area contributed by atoms with Gasteiger partial charge in [-0.2, -0.15) is 0 Å². The molecule has 0 unspecified atom stereocenters. The fraction of sp³-hybridized carbons (Fsp3) is 0.407. The van der Waals surface area contributed by atoms with Crippen LogP contribution in [0.4, 0.5) is 5.69 Å². The molecule has 1 atom stereocenters. The monoisotopic (exact) mass is 527 g/mol. The zero-order valence-electron chi connectivity index (χ0n) is 21.9. The molecular weight excluding hydrogens is 494 g/mol. The number of amides is 2. The van der Waals surface area contributed by atoms with E-state index in [4.69, 9.17) is 19.3 Å². The third kappa shape index (κ3) is 6.53. The molecular formula is C27H33N3O8. The number of hydrogen-bond acceptors (Lipinski definition) is 8. The minimum absolute atomic E-state index is 0.112. The van der Waals surface area contributed by atoms with E-state index in [9.17, 15) is 19.2 Å². The van der Waals surface area contributed by atoms with Gasteiger partial charge in [0.05, 0.1) is 33.1 Å². The Morgan fingerprint density at radius 1 is 1.05 bits per heavy atom. The van der Waals surface area contributed by atoms with Gasteiger partial charge in [0.25, 0.3) is 0 Å². The van der Waals surface area contributed by atoms with Gasteiger partial charge in [-0.3, -0.25) is 19.2 Å². The highest BCUT2D eigenvalue weighted by Crippen LogP contribution is 2.50. The van der Waals surface area contributed by atoms with Crippen molar-refractivity contribution >= 4 is 23.5 Å². The molecule has 3 rings (SSSR count). The fourth-order valence-electron chi connectivity index (χ4n) is 4.59. The van der Waals surface area contributed by atoms with E-state index in [-0.39, 0.29) is 23.7 Å². The number of methoxy groups -OCH3 is 3. The molecule has 0 saturated heterocycles. The Labute approximate surface area is 220 Å². The third-order valence-electron chi connectivity index (χ3n) is 6.25. The van der Waals surface area contributed by atoms with E-state index >= 15 is 0 Å². The van der Waals surface area contributed by atoms with Crippen LogP contribution in [0.5, 0.6) is 17.2 Å². The normalized spacial score (nSPS) is 13.7. The second-order valence-electron chi connectivity index (χ2n) is 8.80. The molecule has 0 fully saturated rings. The molecule has 11 heteroatoms. The van der Waals surface area contributed by atoms with Gasteiger partial charge in [-0.25, -0.2) is 0 Å². The summed E-state index contributed by atoms with van der Waals surface area (Å²) >= 11 is 0. The van der Waals surface area contributed by atoms with E-state index in [0.29, 0.717) is 59.9 Å². The lowest BCUT2D eigenvalue weighted by molar-refractivity contribution is -0.137. The smallest absolute Gasteiger partial charge is 0.322 e. The van der Waals surface area contributed by atoms with Gasteiger partial charge in [-0.15, -0.1) is 0 Å². The Kier molecular flexibility index (Phi) is 9.53. The largest absolute Gasteiger partial charge is 0.493 e. The topological polar surface area (TPSA) is 152 Å². The number of aliphatic carboxylic acids is 1. The van der Waals surface area contributed by atoms with Crippen molar-refractivity contribution in [1.29, 1.82) is 0 Å². The van der Waals surface area contributed by atoms with Gasteiger partial charge >= 0.3 is 5.97 Å². The second-order valence-corrected chi connectivity index (χ2v) is 8.80. The SMILES string of the molecule is COc1cc2c(c(OC)c1OC)-c1ccc(NCCCC(=O)NCC(=O)O)c(=O)cc1[C@H](NC(C)=O)CC2. The molecule has 0 bridgehead atoms. The Balaban J connectivity index is 2.02. The number of benzene rings is 1. The van der Waals surface area contributed by atoms with Crippen molar-refractivity contribution in [3.05, 3.63) is 45.6 Å². The summed E-state index contributed by atoms with van der Waals surface area (Å²) in [6.45, 7) is 1.32. The first-order valence-electron chi connectivity index (χ1n) is 12.2. The number of aryl methyl sites for hydroxylation is 1. The molecule has 1 aliphatic rings. The first-order chi connectivity index (χ1) is 18.2. The second kappa shape index (κ2) is 12.8. The number of fused-ring (bicyclic) bond motifs is 3. The maximum atomic E-state index is 13.2. The highest BCUT2D eigenvalue weighted by molar-refractivity contribution is 5.84. The Bertz CT molecular complexity index is 1280. The van der Waals surface area contributed by atoms with Gasteiger partial charge in [0.1, 0.15) is 6.54 Å². The highest BCUT2D eigenvalue weighted by atomic mass is 16.5. The molecule has 4 N–H and O–H groups in total. The minimum Gasteiger partial charge on any atom is -0.493 e. The fourth-order valence-corrected chi connectivity index (χ4v) is 4.59. The van der Waals surface area contributed by atoms with E-state index in [1.807, 2.05) is 12.1 Å². The van der Waals surface area contributed by atoms with E-state index in [0.717, 1.165) is 11.1 Å². The number of anilines is 1. The van der Waals surface area contributed by atoms with Crippen molar-refractivity contribution in [2.24, 2.45) is 0 Å². The first kappa shape index (κ1) is 28.3. The van der Waals surface area contributed by atoms with Crippen LogP contribution in [0.2, 0.25) is 0 Å². The molecule has 11 nitrogen and oxygen atoms in total. The van der Waals surface area contributed by atoms with Crippen LogP contribution in [0, 0.1) is 0 Å². The van der Waals surface area contributed by atoms with E-state index in [2.05, 4.69) is 16.0 Å². The summed E-state index contributed by atoms with van der Waals surface area (Å²) in [5.41, 5.74) is 3.09. The number of carbonyl (C=O) groups excluding carboxylic acids is 2. The van der Waals surface area contributed by atoms with Gasteiger partial charge in [-0.05, 0) is 54.2 Å². The summed E-state index contributed by atoms with van der Waals surface area (Å²) < 4.78 is 16.9. The van der Waals surface area contributed by atoms with Crippen LogP contribution in [-0.2, 0) is 20.8 Å². The molecule has 1 aliphatic carbocycles. The van der Waals surface area contributed by atoms with Gasteiger partial charge in [0.15, 0.2) is 11.5 Å². The summed E-state index contributed by atoms with van der Waals surface area (Å²) in [6, 6.07) is 6.47. The van der Waals surface area contributed by atoms with Crippen LogP contribution in [0.3, 0.4) is 0 Å². The minimum atomic E-state index is -1.11. The first-order valence-corrected chi connectivity index (χ1v) is 12.2. The summed E-state index contributed by atoms with van der Waals surface area (Å²) in [5, 5.41) is 17.0. The average molecular weight is 528 g/mol. The van der Waals surface area contributed by atoms with Crippen molar-refractivity contribution in [2.45, 2.75) is 38.6 Å². The average Bonchev–Trinajstić information content (AvgIpc) is 3.12. The maximum Gasteiger partial charge on any atom is 0.322 e.